The molecule has 3 N–H and O–H groups in total. The zero-order chi connectivity index (χ0) is 22.2. The average molecular weight is 455 g/mol. The molecule has 1 amide bonds. The fraction of sp³-hybridized carbons (Fsp3) is 0.292. The van der Waals surface area contributed by atoms with E-state index in [1.165, 1.54) is 11.1 Å². The molecule has 0 bridgehead atoms. The van der Waals surface area contributed by atoms with Crippen LogP contribution in [0.25, 0.3) is 0 Å². The van der Waals surface area contributed by atoms with E-state index in [2.05, 4.69) is 22.5 Å². The van der Waals surface area contributed by atoms with E-state index >= 15 is 0 Å². The number of benzene rings is 2. The summed E-state index contributed by atoms with van der Waals surface area (Å²) in [5.41, 5.74) is 4.03. The maximum Gasteiger partial charge on any atom is 0.228 e. The van der Waals surface area contributed by atoms with Crippen molar-refractivity contribution in [1.82, 2.24) is 0 Å². The van der Waals surface area contributed by atoms with E-state index in [0.29, 0.717) is 24.2 Å². The lowest BCUT2D eigenvalue weighted by atomic mass is 10.1. The lowest BCUT2D eigenvalue weighted by molar-refractivity contribution is -0.115. The largest absolute Gasteiger partial charge is 0.376 e. The van der Waals surface area contributed by atoms with Crippen molar-refractivity contribution in [3.63, 3.8) is 0 Å². The number of carbonyl (C=O) groups is 1. The van der Waals surface area contributed by atoms with Gasteiger partial charge in [0.1, 0.15) is 0 Å². The van der Waals surface area contributed by atoms with Crippen molar-refractivity contribution in [3.8, 4) is 0 Å². The van der Waals surface area contributed by atoms with E-state index in [0.717, 1.165) is 34.2 Å². The standard InChI is InChI=1S/C24H27ClN4OS/c1-3-31-21-7-4-17(5-8-21)12-24(30)29-20-6-9-22(18(13-20)15-26)28-16(2)23-14-19(25)10-11-27-23/h4-9,13-16,26,28H,3,10-12H2,1-2H3,(H,29,30). The van der Waals surface area contributed by atoms with Crippen LogP contribution in [0.5, 0.6) is 0 Å². The van der Waals surface area contributed by atoms with Gasteiger partial charge >= 0.3 is 0 Å². The van der Waals surface area contributed by atoms with Crippen LogP contribution >= 0.6 is 23.4 Å². The van der Waals surface area contributed by atoms with Gasteiger partial charge in [-0.05, 0) is 54.6 Å². The summed E-state index contributed by atoms with van der Waals surface area (Å²) in [5, 5.41) is 14.9. The molecule has 0 radical (unpaired) electrons. The minimum atomic E-state index is -0.0859. The van der Waals surface area contributed by atoms with Crippen molar-refractivity contribution in [2.24, 2.45) is 4.99 Å². The zero-order valence-corrected chi connectivity index (χ0v) is 19.3. The fourth-order valence-electron chi connectivity index (χ4n) is 3.29. The van der Waals surface area contributed by atoms with E-state index in [-0.39, 0.29) is 11.9 Å². The first-order valence-corrected chi connectivity index (χ1v) is 11.7. The molecular formula is C24H27ClN4OS. The quantitative estimate of drug-likeness (QED) is 0.333. The van der Waals surface area contributed by atoms with Crippen LogP contribution in [0.2, 0.25) is 0 Å². The second kappa shape index (κ2) is 11.2. The average Bonchev–Trinajstić information content (AvgIpc) is 2.76. The Morgan fingerprint density at radius 1 is 1.29 bits per heavy atom. The van der Waals surface area contributed by atoms with Crippen molar-refractivity contribution in [2.75, 3.05) is 22.9 Å². The van der Waals surface area contributed by atoms with Crippen LogP contribution in [0.3, 0.4) is 0 Å². The van der Waals surface area contributed by atoms with Gasteiger partial charge < -0.3 is 16.0 Å². The molecule has 31 heavy (non-hydrogen) atoms. The number of amides is 1. The normalized spacial score (nSPS) is 14.3. The number of nitrogens with one attached hydrogen (secondary N) is 3. The summed E-state index contributed by atoms with van der Waals surface area (Å²) in [7, 11) is 0. The van der Waals surface area contributed by atoms with Crippen LogP contribution in [0.4, 0.5) is 11.4 Å². The van der Waals surface area contributed by atoms with E-state index in [1.54, 1.807) is 17.8 Å². The van der Waals surface area contributed by atoms with E-state index in [1.807, 2.05) is 49.4 Å². The number of anilines is 2. The molecule has 7 heteroatoms. The maximum atomic E-state index is 12.5. The van der Waals surface area contributed by atoms with Crippen LogP contribution < -0.4 is 10.6 Å². The first kappa shape index (κ1) is 23.1. The summed E-state index contributed by atoms with van der Waals surface area (Å²) in [5.74, 6) is 0.939. The first-order valence-electron chi connectivity index (χ1n) is 10.3. The Hall–Kier alpha value is -2.57. The molecule has 1 aliphatic rings. The van der Waals surface area contributed by atoms with Crippen LogP contribution in [-0.2, 0) is 11.2 Å². The van der Waals surface area contributed by atoms with Crippen molar-refractivity contribution in [2.45, 2.75) is 37.6 Å². The number of hydrogen-bond acceptors (Lipinski definition) is 5. The van der Waals surface area contributed by atoms with Gasteiger partial charge in [0.2, 0.25) is 5.91 Å². The van der Waals surface area contributed by atoms with Gasteiger partial charge in [0.05, 0.1) is 18.2 Å². The predicted octanol–water partition coefficient (Wildman–Crippen LogP) is 5.75. The number of carbonyl (C=O) groups excluding carboxylic acids is 1. The summed E-state index contributed by atoms with van der Waals surface area (Å²) in [6.45, 7) is 4.82. The summed E-state index contributed by atoms with van der Waals surface area (Å²) >= 11 is 7.92. The van der Waals surface area contributed by atoms with Crippen LogP contribution in [-0.4, -0.2) is 36.2 Å². The summed E-state index contributed by atoms with van der Waals surface area (Å²) in [4.78, 5) is 18.2. The molecule has 0 aromatic heterocycles. The van der Waals surface area contributed by atoms with Crippen LogP contribution in [0, 0.1) is 5.41 Å². The molecule has 0 saturated carbocycles. The minimum Gasteiger partial charge on any atom is -0.376 e. The first-order chi connectivity index (χ1) is 15.0. The zero-order valence-electron chi connectivity index (χ0n) is 17.7. The number of halogens is 1. The molecule has 1 unspecified atom stereocenters. The Bertz CT molecular complexity index is 1000. The van der Waals surface area contributed by atoms with E-state index in [9.17, 15) is 4.79 Å². The van der Waals surface area contributed by atoms with Crippen molar-refractivity contribution >= 4 is 52.6 Å². The lowest BCUT2D eigenvalue weighted by Gasteiger charge is -2.20. The summed E-state index contributed by atoms with van der Waals surface area (Å²) in [6, 6.07) is 13.5. The Balaban J connectivity index is 1.63. The topological polar surface area (TPSA) is 77.3 Å². The highest BCUT2D eigenvalue weighted by atomic mass is 35.5. The third kappa shape index (κ3) is 6.71. The molecule has 1 heterocycles. The Kier molecular flexibility index (Phi) is 8.32. The van der Waals surface area contributed by atoms with Gasteiger partial charge in [-0.2, -0.15) is 0 Å². The van der Waals surface area contributed by atoms with Gasteiger partial charge in [-0.25, -0.2) is 0 Å². The Labute approximate surface area is 192 Å². The van der Waals surface area contributed by atoms with Crippen molar-refractivity contribution < 1.29 is 4.79 Å². The number of nitrogens with zero attached hydrogens (tertiary/aromatic N) is 1. The molecule has 0 saturated heterocycles. The number of rotatable bonds is 9. The third-order valence-electron chi connectivity index (χ3n) is 4.86. The fourth-order valence-corrected chi connectivity index (χ4v) is 4.15. The smallest absolute Gasteiger partial charge is 0.228 e. The molecule has 1 atom stereocenters. The second-order valence-corrected chi connectivity index (χ2v) is 9.09. The third-order valence-corrected chi connectivity index (χ3v) is 6.05. The number of hydrogen-bond donors (Lipinski definition) is 3. The maximum absolute atomic E-state index is 12.5. The van der Waals surface area contributed by atoms with E-state index in [4.69, 9.17) is 17.0 Å². The highest BCUT2D eigenvalue weighted by molar-refractivity contribution is 7.99. The van der Waals surface area contributed by atoms with Gasteiger partial charge in [-0.15, -0.1) is 11.8 Å². The number of aliphatic imine (C=N–C) groups is 1. The van der Waals surface area contributed by atoms with Crippen molar-refractivity contribution in [1.29, 1.82) is 5.41 Å². The van der Waals surface area contributed by atoms with Crippen LogP contribution in [0.15, 0.2) is 63.5 Å². The lowest BCUT2D eigenvalue weighted by Crippen LogP contribution is -2.27. The second-order valence-electron chi connectivity index (χ2n) is 7.26. The van der Waals surface area contributed by atoms with Gasteiger partial charge in [0.25, 0.3) is 0 Å². The van der Waals surface area contributed by atoms with Gasteiger partial charge in [0.15, 0.2) is 0 Å². The molecule has 2 aromatic carbocycles. The molecule has 0 spiro atoms. The van der Waals surface area contributed by atoms with Crippen LogP contribution in [0.1, 0.15) is 31.4 Å². The molecule has 0 fully saturated rings. The molecule has 3 rings (SSSR count). The highest BCUT2D eigenvalue weighted by Gasteiger charge is 2.14. The molecule has 5 nitrogen and oxygen atoms in total. The Morgan fingerprint density at radius 3 is 2.74 bits per heavy atom. The monoisotopic (exact) mass is 454 g/mol. The predicted molar refractivity (Wildman–Crippen MR) is 133 cm³/mol. The molecular weight excluding hydrogens is 428 g/mol. The van der Waals surface area contributed by atoms with Gasteiger partial charge in [-0.3, -0.25) is 9.79 Å². The molecule has 0 aliphatic carbocycles. The van der Waals surface area contributed by atoms with Crippen molar-refractivity contribution in [3.05, 3.63) is 64.7 Å². The SMILES string of the molecule is CCSc1ccc(CC(=O)Nc2ccc(NC(C)C3=NCCC(Cl)=C3)c(C=N)c2)cc1. The van der Waals surface area contributed by atoms with Gasteiger partial charge in [0, 0.05) is 46.0 Å². The van der Waals surface area contributed by atoms with Gasteiger partial charge in [-0.1, -0.05) is 30.7 Å². The molecule has 1 aliphatic heterocycles. The highest BCUT2D eigenvalue weighted by Crippen LogP contribution is 2.22. The Morgan fingerprint density at radius 2 is 2.06 bits per heavy atom. The van der Waals surface area contributed by atoms with E-state index < -0.39 is 0 Å². The summed E-state index contributed by atoms with van der Waals surface area (Å²) in [6.07, 6.45) is 4.26. The number of dihydropyridines is 1. The minimum absolute atomic E-state index is 0.0398. The molecule has 2 aromatic rings. The molecule has 162 valence electrons. The summed E-state index contributed by atoms with van der Waals surface area (Å²) < 4.78 is 0. The number of thioether (sulfide) groups is 1.